The number of hydrogen-bond acceptors (Lipinski definition) is 4. The van der Waals surface area contributed by atoms with Crippen molar-refractivity contribution in [1.82, 2.24) is 5.32 Å². The van der Waals surface area contributed by atoms with Gasteiger partial charge >= 0.3 is 0 Å². The van der Waals surface area contributed by atoms with Gasteiger partial charge < -0.3 is 10.6 Å². The molecule has 0 aromatic heterocycles. The number of carbonyl (C=O) groups is 1. The number of nitrogens with one attached hydrogen (secondary N) is 2. The molecule has 1 atom stereocenters. The monoisotopic (exact) mass is 295 g/mol. The van der Waals surface area contributed by atoms with Crippen LogP contribution in [-0.2, 0) is 4.79 Å². The second kappa shape index (κ2) is 6.51. The first-order chi connectivity index (χ1) is 9.97. The van der Waals surface area contributed by atoms with E-state index in [0.29, 0.717) is 0 Å². The lowest BCUT2D eigenvalue weighted by atomic mass is 10.2. The lowest BCUT2D eigenvalue weighted by molar-refractivity contribution is -0.385. The van der Waals surface area contributed by atoms with E-state index in [1.807, 2.05) is 0 Å². The van der Waals surface area contributed by atoms with E-state index in [9.17, 15) is 19.3 Å². The summed E-state index contributed by atoms with van der Waals surface area (Å²) < 4.78 is 13.7. The van der Waals surface area contributed by atoms with Crippen molar-refractivity contribution in [2.75, 3.05) is 5.32 Å². The molecule has 0 unspecified atom stereocenters. The molecule has 114 valence electrons. The zero-order valence-electron chi connectivity index (χ0n) is 11.8. The van der Waals surface area contributed by atoms with Gasteiger partial charge in [0.15, 0.2) is 5.82 Å². The van der Waals surface area contributed by atoms with E-state index in [4.69, 9.17) is 0 Å². The average Bonchev–Trinajstić information content (AvgIpc) is 2.93. The quantitative estimate of drug-likeness (QED) is 0.646. The van der Waals surface area contributed by atoms with Crippen molar-refractivity contribution in [3.63, 3.8) is 0 Å². The van der Waals surface area contributed by atoms with Crippen LogP contribution in [0.25, 0.3) is 0 Å². The van der Waals surface area contributed by atoms with E-state index in [0.717, 1.165) is 31.7 Å². The number of nitrogens with zero attached hydrogens (tertiary/aromatic N) is 1. The number of nitro groups is 1. The highest BCUT2D eigenvalue weighted by atomic mass is 19.1. The molecule has 1 aliphatic rings. The third-order valence-electron chi connectivity index (χ3n) is 3.63. The highest BCUT2D eigenvalue weighted by molar-refractivity contribution is 5.84. The fourth-order valence-electron chi connectivity index (χ4n) is 2.43. The smallest absolute Gasteiger partial charge is 0.272 e. The van der Waals surface area contributed by atoms with Gasteiger partial charge in [0.1, 0.15) is 6.04 Å². The van der Waals surface area contributed by atoms with Gasteiger partial charge in [-0.05, 0) is 25.8 Å². The lowest BCUT2D eigenvalue weighted by Gasteiger charge is -2.18. The number of carbonyl (C=O) groups excluding carboxylic acids is 1. The normalized spacial score (nSPS) is 16.5. The number of benzene rings is 1. The number of nitro benzene ring substituents is 1. The summed E-state index contributed by atoms with van der Waals surface area (Å²) in [6.07, 6.45) is 4.18. The molecule has 6 nitrogen and oxygen atoms in total. The van der Waals surface area contributed by atoms with Gasteiger partial charge in [-0.2, -0.15) is 0 Å². The Labute approximate surface area is 121 Å². The summed E-state index contributed by atoms with van der Waals surface area (Å²) in [6.45, 7) is 1.63. The first-order valence-electron chi connectivity index (χ1n) is 6.98. The first-order valence-corrected chi connectivity index (χ1v) is 6.98. The number of hydrogen-bond donors (Lipinski definition) is 2. The molecular weight excluding hydrogens is 277 g/mol. The van der Waals surface area contributed by atoms with Crippen LogP contribution in [0.1, 0.15) is 32.6 Å². The SMILES string of the molecule is C[C@H](Nc1ccc([N+](=O)[O-])cc1F)C(=O)NC1CCCC1. The van der Waals surface area contributed by atoms with Crippen LogP contribution in [0.2, 0.25) is 0 Å². The van der Waals surface area contributed by atoms with Crippen molar-refractivity contribution in [2.45, 2.75) is 44.7 Å². The van der Waals surface area contributed by atoms with Crippen molar-refractivity contribution in [3.8, 4) is 0 Å². The maximum Gasteiger partial charge on any atom is 0.272 e. The van der Waals surface area contributed by atoms with Crippen molar-refractivity contribution >= 4 is 17.3 Å². The lowest BCUT2D eigenvalue weighted by Crippen LogP contribution is -2.42. The molecule has 1 saturated carbocycles. The van der Waals surface area contributed by atoms with Gasteiger partial charge in [-0.1, -0.05) is 12.8 Å². The Bertz CT molecular complexity index is 544. The van der Waals surface area contributed by atoms with E-state index in [1.54, 1.807) is 6.92 Å². The molecule has 0 saturated heterocycles. The summed E-state index contributed by atoms with van der Waals surface area (Å²) in [7, 11) is 0. The summed E-state index contributed by atoms with van der Waals surface area (Å²) in [4.78, 5) is 21.9. The van der Waals surface area contributed by atoms with E-state index in [1.165, 1.54) is 12.1 Å². The summed E-state index contributed by atoms with van der Waals surface area (Å²) in [6, 6.07) is 2.90. The van der Waals surface area contributed by atoms with Crippen molar-refractivity contribution in [3.05, 3.63) is 34.1 Å². The molecule has 0 spiro atoms. The first kappa shape index (κ1) is 15.2. The van der Waals surface area contributed by atoms with E-state index in [-0.39, 0.29) is 23.3 Å². The average molecular weight is 295 g/mol. The fourth-order valence-corrected chi connectivity index (χ4v) is 2.43. The van der Waals surface area contributed by atoms with Crippen molar-refractivity contribution in [2.24, 2.45) is 0 Å². The van der Waals surface area contributed by atoms with Crippen LogP contribution in [0.15, 0.2) is 18.2 Å². The Hall–Kier alpha value is -2.18. The molecule has 0 radical (unpaired) electrons. The van der Waals surface area contributed by atoms with Crippen LogP contribution in [0.3, 0.4) is 0 Å². The zero-order chi connectivity index (χ0) is 15.4. The molecule has 1 fully saturated rings. The molecule has 0 bridgehead atoms. The topological polar surface area (TPSA) is 84.3 Å². The van der Waals surface area contributed by atoms with Gasteiger partial charge in [0, 0.05) is 12.1 Å². The zero-order valence-corrected chi connectivity index (χ0v) is 11.8. The second-order valence-corrected chi connectivity index (χ2v) is 5.28. The summed E-state index contributed by atoms with van der Waals surface area (Å²) in [5, 5.41) is 16.2. The van der Waals surface area contributed by atoms with Gasteiger partial charge in [0.25, 0.3) is 5.69 Å². The highest BCUT2D eigenvalue weighted by Gasteiger charge is 2.21. The van der Waals surface area contributed by atoms with Crippen LogP contribution in [0.4, 0.5) is 15.8 Å². The predicted molar refractivity (Wildman–Crippen MR) is 76.5 cm³/mol. The number of halogens is 1. The van der Waals surface area contributed by atoms with Gasteiger partial charge in [-0.3, -0.25) is 14.9 Å². The Balaban J connectivity index is 1.96. The van der Waals surface area contributed by atoms with Crippen LogP contribution in [0.5, 0.6) is 0 Å². The Morgan fingerprint density at radius 1 is 1.43 bits per heavy atom. The van der Waals surface area contributed by atoms with Gasteiger partial charge in [0.05, 0.1) is 16.7 Å². The predicted octanol–water partition coefficient (Wildman–Crippen LogP) is 2.59. The van der Waals surface area contributed by atoms with Crippen LogP contribution < -0.4 is 10.6 Å². The molecule has 1 aromatic rings. The molecule has 21 heavy (non-hydrogen) atoms. The molecular formula is C14H18FN3O3. The third-order valence-corrected chi connectivity index (χ3v) is 3.63. The highest BCUT2D eigenvalue weighted by Crippen LogP contribution is 2.21. The van der Waals surface area contributed by atoms with Gasteiger partial charge in [0.2, 0.25) is 5.91 Å². The number of non-ortho nitro benzene ring substituents is 1. The fraction of sp³-hybridized carbons (Fsp3) is 0.500. The number of amides is 1. The summed E-state index contributed by atoms with van der Waals surface area (Å²) in [5.41, 5.74) is -0.240. The maximum atomic E-state index is 13.7. The van der Waals surface area contributed by atoms with Gasteiger partial charge in [-0.15, -0.1) is 0 Å². The Kier molecular flexibility index (Phi) is 4.72. The molecule has 1 aliphatic carbocycles. The molecule has 7 heteroatoms. The third kappa shape index (κ3) is 3.90. The molecule has 2 rings (SSSR count). The molecule has 0 heterocycles. The van der Waals surface area contributed by atoms with E-state index < -0.39 is 16.8 Å². The number of rotatable bonds is 5. The number of anilines is 1. The van der Waals surface area contributed by atoms with Gasteiger partial charge in [-0.25, -0.2) is 4.39 Å². The van der Waals surface area contributed by atoms with Crippen LogP contribution in [-0.4, -0.2) is 22.9 Å². The second-order valence-electron chi connectivity index (χ2n) is 5.28. The summed E-state index contributed by atoms with van der Waals surface area (Å²) >= 11 is 0. The van der Waals surface area contributed by atoms with Crippen molar-refractivity contribution < 1.29 is 14.1 Å². The minimum Gasteiger partial charge on any atom is -0.372 e. The minimum atomic E-state index is -0.746. The maximum absolute atomic E-state index is 13.7. The largest absolute Gasteiger partial charge is 0.372 e. The summed E-state index contributed by atoms with van der Waals surface area (Å²) in [5.74, 6) is -0.940. The van der Waals surface area contributed by atoms with E-state index in [2.05, 4.69) is 10.6 Å². The standard InChI is InChI=1S/C14H18FN3O3/c1-9(14(19)17-10-4-2-3-5-10)16-13-7-6-11(18(20)21)8-12(13)15/h6-10,16H,2-5H2,1H3,(H,17,19)/t9-/m0/s1. The van der Waals surface area contributed by atoms with E-state index >= 15 is 0 Å². The van der Waals surface area contributed by atoms with Crippen LogP contribution in [0, 0.1) is 15.9 Å². The Morgan fingerprint density at radius 2 is 2.10 bits per heavy atom. The molecule has 2 N–H and O–H groups in total. The molecule has 1 aromatic carbocycles. The minimum absolute atomic E-state index is 0.0784. The molecule has 0 aliphatic heterocycles. The van der Waals surface area contributed by atoms with Crippen molar-refractivity contribution in [1.29, 1.82) is 0 Å². The molecule has 1 amide bonds. The van der Waals surface area contributed by atoms with Crippen LogP contribution >= 0.6 is 0 Å². The Morgan fingerprint density at radius 3 is 2.67 bits per heavy atom.